The van der Waals surface area contributed by atoms with E-state index in [-0.39, 0.29) is 11.7 Å². The van der Waals surface area contributed by atoms with Crippen molar-refractivity contribution in [1.29, 1.82) is 0 Å². The molecule has 26 heavy (non-hydrogen) atoms. The third-order valence-electron chi connectivity index (χ3n) is 4.88. The van der Waals surface area contributed by atoms with Crippen LogP contribution in [0.5, 0.6) is 0 Å². The second kappa shape index (κ2) is 7.75. The molecule has 0 unspecified atom stereocenters. The number of para-hydroxylation sites is 1. The van der Waals surface area contributed by atoms with E-state index in [9.17, 15) is 13.2 Å². The van der Waals surface area contributed by atoms with Gasteiger partial charge in [0, 0.05) is 50.8 Å². The van der Waals surface area contributed by atoms with Gasteiger partial charge in [-0.3, -0.25) is 14.4 Å². The number of hydrogen-bond donors (Lipinski definition) is 0. The Morgan fingerprint density at radius 1 is 1.12 bits per heavy atom. The van der Waals surface area contributed by atoms with Gasteiger partial charge in [0.1, 0.15) is 9.84 Å². The standard InChI is InChI=1S/C18H26N4O3S/c1-15-16-5-3-4-6-17(16)22(19-15)8-7-18(23)21-11-9-20(10-12-21)13-14-26(2,24)25/h3-6H,7-14H2,1-2H3. The number of fused-ring (bicyclic) bond motifs is 1. The predicted molar refractivity (Wildman–Crippen MR) is 102 cm³/mol. The number of nitrogens with zero attached hydrogens (tertiary/aromatic N) is 4. The molecule has 1 amide bonds. The highest BCUT2D eigenvalue weighted by molar-refractivity contribution is 7.90. The van der Waals surface area contributed by atoms with Crippen LogP contribution in [0.3, 0.4) is 0 Å². The quantitative estimate of drug-likeness (QED) is 0.747. The molecule has 1 aliphatic heterocycles. The van der Waals surface area contributed by atoms with E-state index in [1.165, 1.54) is 6.26 Å². The second-order valence-electron chi connectivity index (χ2n) is 6.93. The minimum Gasteiger partial charge on any atom is -0.340 e. The van der Waals surface area contributed by atoms with Crippen LogP contribution in [0.2, 0.25) is 0 Å². The Labute approximate surface area is 154 Å². The first-order chi connectivity index (χ1) is 12.3. The Morgan fingerprint density at radius 2 is 1.81 bits per heavy atom. The van der Waals surface area contributed by atoms with Gasteiger partial charge in [0.2, 0.25) is 5.91 Å². The van der Waals surface area contributed by atoms with Crippen LogP contribution in [0.25, 0.3) is 10.9 Å². The summed E-state index contributed by atoms with van der Waals surface area (Å²) in [4.78, 5) is 16.5. The first-order valence-electron chi connectivity index (χ1n) is 8.93. The number of carbonyl (C=O) groups is 1. The highest BCUT2D eigenvalue weighted by Gasteiger charge is 2.21. The molecule has 0 saturated carbocycles. The maximum Gasteiger partial charge on any atom is 0.224 e. The average Bonchev–Trinajstić information content (AvgIpc) is 2.94. The molecule has 142 valence electrons. The number of sulfone groups is 1. The summed E-state index contributed by atoms with van der Waals surface area (Å²) < 4.78 is 24.4. The zero-order valence-corrected chi connectivity index (χ0v) is 16.2. The van der Waals surface area contributed by atoms with Crippen molar-refractivity contribution in [2.45, 2.75) is 19.9 Å². The van der Waals surface area contributed by atoms with Crippen molar-refractivity contribution in [3.05, 3.63) is 30.0 Å². The van der Waals surface area contributed by atoms with Crippen molar-refractivity contribution >= 4 is 26.6 Å². The summed E-state index contributed by atoms with van der Waals surface area (Å²) in [5.74, 6) is 0.303. The van der Waals surface area contributed by atoms with Crippen LogP contribution >= 0.6 is 0 Å². The first kappa shape index (κ1) is 18.8. The van der Waals surface area contributed by atoms with Gasteiger partial charge in [-0.1, -0.05) is 18.2 Å². The molecule has 0 atom stereocenters. The molecule has 0 aliphatic carbocycles. The summed E-state index contributed by atoms with van der Waals surface area (Å²) in [6.45, 7) is 5.86. The number of piperazine rings is 1. The number of rotatable bonds is 6. The van der Waals surface area contributed by atoms with E-state index in [0.29, 0.717) is 32.6 Å². The van der Waals surface area contributed by atoms with Crippen LogP contribution < -0.4 is 0 Å². The molecule has 0 bridgehead atoms. The van der Waals surface area contributed by atoms with E-state index in [0.717, 1.165) is 29.7 Å². The molecule has 2 heterocycles. The minimum atomic E-state index is -2.94. The molecule has 0 N–H and O–H groups in total. The highest BCUT2D eigenvalue weighted by Crippen LogP contribution is 2.18. The van der Waals surface area contributed by atoms with Crippen molar-refractivity contribution in [1.82, 2.24) is 19.6 Å². The topological polar surface area (TPSA) is 75.5 Å². The van der Waals surface area contributed by atoms with Crippen molar-refractivity contribution in [3.63, 3.8) is 0 Å². The Balaban J connectivity index is 1.50. The van der Waals surface area contributed by atoms with E-state index < -0.39 is 9.84 Å². The fourth-order valence-electron chi connectivity index (χ4n) is 3.34. The lowest BCUT2D eigenvalue weighted by Crippen LogP contribution is -2.49. The Bertz CT molecular complexity index is 883. The summed E-state index contributed by atoms with van der Waals surface area (Å²) in [6.07, 6.45) is 1.68. The molecule has 1 fully saturated rings. The van der Waals surface area contributed by atoms with Crippen LogP contribution in [0.15, 0.2) is 24.3 Å². The van der Waals surface area contributed by atoms with Gasteiger partial charge < -0.3 is 4.90 Å². The fraction of sp³-hybridized carbons (Fsp3) is 0.556. The lowest BCUT2D eigenvalue weighted by molar-refractivity contribution is -0.133. The smallest absolute Gasteiger partial charge is 0.224 e. The molecule has 1 aromatic heterocycles. The number of benzene rings is 1. The molecule has 3 rings (SSSR count). The second-order valence-corrected chi connectivity index (χ2v) is 9.19. The number of amides is 1. The van der Waals surface area contributed by atoms with E-state index in [1.807, 2.05) is 40.8 Å². The summed E-state index contributed by atoms with van der Waals surface area (Å²) in [5, 5.41) is 5.67. The lowest BCUT2D eigenvalue weighted by atomic mass is 10.2. The van der Waals surface area contributed by atoms with Crippen molar-refractivity contribution in [2.75, 3.05) is 44.7 Å². The Hall–Kier alpha value is -1.93. The molecule has 1 saturated heterocycles. The van der Waals surface area contributed by atoms with Gasteiger partial charge in [-0.05, 0) is 13.0 Å². The van der Waals surface area contributed by atoms with Gasteiger partial charge in [-0.2, -0.15) is 5.10 Å². The van der Waals surface area contributed by atoms with E-state index in [2.05, 4.69) is 10.00 Å². The predicted octanol–water partition coefficient (Wildman–Crippen LogP) is 0.924. The third-order valence-corrected chi connectivity index (χ3v) is 5.81. The van der Waals surface area contributed by atoms with E-state index in [1.54, 1.807) is 0 Å². The van der Waals surface area contributed by atoms with Crippen molar-refractivity contribution in [3.8, 4) is 0 Å². The van der Waals surface area contributed by atoms with Crippen LogP contribution in [-0.4, -0.2) is 78.6 Å². The van der Waals surface area contributed by atoms with Gasteiger partial charge in [-0.25, -0.2) is 8.42 Å². The number of aromatic nitrogens is 2. The van der Waals surface area contributed by atoms with Gasteiger partial charge in [0.05, 0.1) is 23.5 Å². The van der Waals surface area contributed by atoms with Gasteiger partial charge in [0.25, 0.3) is 0 Å². The summed E-state index contributed by atoms with van der Waals surface area (Å²) in [5.41, 5.74) is 2.04. The summed E-state index contributed by atoms with van der Waals surface area (Å²) in [6, 6.07) is 8.05. The summed E-state index contributed by atoms with van der Waals surface area (Å²) >= 11 is 0. The van der Waals surface area contributed by atoms with Crippen LogP contribution in [-0.2, 0) is 21.2 Å². The molecule has 2 aromatic rings. The van der Waals surface area contributed by atoms with Crippen LogP contribution in [0.1, 0.15) is 12.1 Å². The fourth-order valence-corrected chi connectivity index (χ4v) is 3.93. The first-order valence-corrected chi connectivity index (χ1v) is 11.0. The van der Waals surface area contributed by atoms with Gasteiger partial charge >= 0.3 is 0 Å². The monoisotopic (exact) mass is 378 g/mol. The average molecular weight is 378 g/mol. The molecule has 0 radical (unpaired) electrons. The van der Waals surface area contributed by atoms with Crippen LogP contribution in [0, 0.1) is 6.92 Å². The SMILES string of the molecule is Cc1nn(CCC(=O)N2CCN(CCS(C)(=O)=O)CC2)c2ccccc12. The maximum absolute atomic E-state index is 12.5. The molecule has 1 aromatic carbocycles. The zero-order valence-electron chi connectivity index (χ0n) is 15.4. The molecular formula is C18H26N4O3S. The zero-order chi connectivity index (χ0) is 18.7. The third kappa shape index (κ3) is 4.62. The maximum atomic E-state index is 12.5. The molecule has 1 aliphatic rings. The highest BCUT2D eigenvalue weighted by atomic mass is 32.2. The van der Waals surface area contributed by atoms with Crippen molar-refractivity contribution in [2.24, 2.45) is 0 Å². The number of aryl methyl sites for hydroxylation is 2. The van der Waals surface area contributed by atoms with Crippen LogP contribution in [0.4, 0.5) is 0 Å². The molecule has 0 spiro atoms. The van der Waals surface area contributed by atoms with Crippen molar-refractivity contribution < 1.29 is 13.2 Å². The van der Waals surface area contributed by atoms with E-state index >= 15 is 0 Å². The molecule has 7 nitrogen and oxygen atoms in total. The lowest BCUT2D eigenvalue weighted by Gasteiger charge is -2.34. The molecule has 8 heteroatoms. The number of carbonyl (C=O) groups excluding carboxylic acids is 1. The normalized spacial score (nSPS) is 16.3. The largest absolute Gasteiger partial charge is 0.340 e. The van der Waals surface area contributed by atoms with Gasteiger partial charge in [0.15, 0.2) is 0 Å². The Kier molecular flexibility index (Phi) is 5.62. The number of hydrogen-bond acceptors (Lipinski definition) is 5. The van der Waals surface area contributed by atoms with E-state index in [4.69, 9.17) is 0 Å². The molecular weight excluding hydrogens is 352 g/mol. The summed E-state index contributed by atoms with van der Waals surface area (Å²) in [7, 11) is -2.94. The Morgan fingerprint density at radius 3 is 2.50 bits per heavy atom. The van der Waals surface area contributed by atoms with Gasteiger partial charge in [-0.15, -0.1) is 0 Å². The minimum absolute atomic E-state index is 0.130.